The van der Waals surface area contributed by atoms with Crippen LogP contribution in [0.5, 0.6) is 0 Å². The van der Waals surface area contributed by atoms with E-state index in [-0.39, 0.29) is 5.54 Å². The van der Waals surface area contributed by atoms with Gasteiger partial charge in [-0.3, -0.25) is 0 Å². The zero-order chi connectivity index (χ0) is 14.6. The molecule has 4 heteroatoms. The standard InChI is InChI=1S/C16H32N2O2/c1-12(2)15-9-16(11-17,7-8-20-15)18-14-6-4-3-5-13(14)10-19/h12-15,18-19H,3-11,17H2,1-2H3. The van der Waals surface area contributed by atoms with Crippen molar-refractivity contribution < 1.29 is 9.84 Å². The Hall–Kier alpha value is -0.160. The zero-order valence-electron chi connectivity index (χ0n) is 13.1. The second-order valence-electron chi connectivity index (χ2n) is 7.07. The molecule has 0 bridgehead atoms. The first kappa shape index (κ1) is 16.2. The number of hydrogen-bond acceptors (Lipinski definition) is 4. The lowest BCUT2D eigenvalue weighted by Crippen LogP contribution is -2.62. The molecule has 2 rings (SSSR count). The van der Waals surface area contributed by atoms with Crippen LogP contribution in [-0.4, -0.2) is 42.5 Å². The minimum Gasteiger partial charge on any atom is -0.396 e. The fraction of sp³-hybridized carbons (Fsp3) is 1.00. The van der Waals surface area contributed by atoms with Crippen LogP contribution in [-0.2, 0) is 4.74 Å². The Bertz CT molecular complexity index is 298. The van der Waals surface area contributed by atoms with E-state index in [0.717, 1.165) is 25.9 Å². The highest BCUT2D eigenvalue weighted by molar-refractivity contribution is 4.98. The molecule has 1 saturated heterocycles. The molecule has 2 aliphatic rings. The first-order valence-electron chi connectivity index (χ1n) is 8.30. The number of ether oxygens (including phenoxy) is 1. The van der Waals surface area contributed by atoms with E-state index in [1.165, 1.54) is 19.3 Å². The molecular formula is C16H32N2O2. The molecule has 0 radical (unpaired) electrons. The molecule has 4 nitrogen and oxygen atoms in total. The minimum atomic E-state index is 0.00259. The lowest BCUT2D eigenvalue weighted by Gasteiger charge is -2.46. The Morgan fingerprint density at radius 3 is 2.75 bits per heavy atom. The second-order valence-corrected chi connectivity index (χ2v) is 7.07. The quantitative estimate of drug-likeness (QED) is 0.718. The predicted octanol–water partition coefficient (Wildman–Crippen LogP) is 1.66. The van der Waals surface area contributed by atoms with Gasteiger partial charge in [0.2, 0.25) is 0 Å². The molecule has 2 fully saturated rings. The van der Waals surface area contributed by atoms with Crippen molar-refractivity contribution in [1.29, 1.82) is 0 Å². The summed E-state index contributed by atoms with van der Waals surface area (Å²) in [5, 5.41) is 13.4. The van der Waals surface area contributed by atoms with E-state index in [1.807, 2.05) is 0 Å². The Labute approximate surface area is 123 Å². The van der Waals surface area contributed by atoms with Gasteiger partial charge >= 0.3 is 0 Å². The maximum Gasteiger partial charge on any atom is 0.0616 e. The summed E-state index contributed by atoms with van der Waals surface area (Å²) in [6.07, 6.45) is 7.10. The number of aliphatic hydroxyl groups is 1. The van der Waals surface area contributed by atoms with Crippen molar-refractivity contribution in [3.05, 3.63) is 0 Å². The van der Waals surface area contributed by atoms with Crippen LogP contribution in [0.1, 0.15) is 52.4 Å². The molecule has 0 spiro atoms. The van der Waals surface area contributed by atoms with Crippen molar-refractivity contribution in [3.8, 4) is 0 Å². The third-order valence-corrected chi connectivity index (χ3v) is 5.27. The maximum absolute atomic E-state index is 9.59. The van der Waals surface area contributed by atoms with Gasteiger partial charge in [0.05, 0.1) is 6.10 Å². The third kappa shape index (κ3) is 3.73. The predicted molar refractivity (Wildman–Crippen MR) is 81.6 cm³/mol. The summed E-state index contributed by atoms with van der Waals surface area (Å²) in [5.74, 6) is 0.926. The van der Waals surface area contributed by atoms with Crippen molar-refractivity contribution in [2.45, 2.75) is 70.1 Å². The molecule has 0 amide bonds. The summed E-state index contributed by atoms with van der Waals surface area (Å²) in [6, 6.07) is 0.420. The van der Waals surface area contributed by atoms with Crippen LogP contribution in [0.3, 0.4) is 0 Å². The summed E-state index contributed by atoms with van der Waals surface area (Å²) >= 11 is 0. The molecule has 0 aromatic carbocycles. The Balaban J connectivity index is 2.02. The highest BCUT2D eigenvalue weighted by Gasteiger charge is 2.40. The number of rotatable bonds is 5. The molecule has 1 saturated carbocycles. The number of nitrogens with one attached hydrogen (secondary N) is 1. The topological polar surface area (TPSA) is 67.5 Å². The van der Waals surface area contributed by atoms with Gasteiger partial charge in [-0.05, 0) is 37.5 Å². The average molecular weight is 284 g/mol. The van der Waals surface area contributed by atoms with Crippen LogP contribution >= 0.6 is 0 Å². The van der Waals surface area contributed by atoms with Gasteiger partial charge in [-0.2, -0.15) is 0 Å². The SMILES string of the molecule is CC(C)C1CC(CN)(NC2CCCCC2CO)CCO1. The fourth-order valence-corrected chi connectivity index (χ4v) is 3.76. The largest absolute Gasteiger partial charge is 0.396 e. The Morgan fingerprint density at radius 2 is 2.10 bits per heavy atom. The van der Waals surface area contributed by atoms with Gasteiger partial charge in [0, 0.05) is 31.3 Å². The van der Waals surface area contributed by atoms with E-state index in [4.69, 9.17) is 10.5 Å². The fourth-order valence-electron chi connectivity index (χ4n) is 3.76. The van der Waals surface area contributed by atoms with Crippen LogP contribution in [0, 0.1) is 11.8 Å². The Kier molecular flexibility index (Phi) is 5.84. The smallest absolute Gasteiger partial charge is 0.0616 e. The molecule has 1 aliphatic heterocycles. The summed E-state index contributed by atoms with van der Waals surface area (Å²) in [5.41, 5.74) is 6.13. The zero-order valence-corrected chi connectivity index (χ0v) is 13.1. The summed E-state index contributed by atoms with van der Waals surface area (Å²) < 4.78 is 5.89. The van der Waals surface area contributed by atoms with Crippen LogP contribution in [0.25, 0.3) is 0 Å². The van der Waals surface area contributed by atoms with Crippen molar-refractivity contribution in [3.63, 3.8) is 0 Å². The molecule has 4 unspecified atom stereocenters. The highest BCUT2D eigenvalue weighted by atomic mass is 16.5. The second kappa shape index (κ2) is 7.21. The van der Waals surface area contributed by atoms with Crippen molar-refractivity contribution >= 4 is 0 Å². The normalized spacial score (nSPS) is 39.1. The van der Waals surface area contributed by atoms with Crippen LogP contribution in [0.15, 0.2) is 0 Å². The molecule has 0 aromatic heterocycles. The van der Waals surface area contributed by atoms with Gasteiger partial charge < -0.3 is 20.9 Å². The maximum atomic E-state index is 9.59. The lowest BCUT2D eigenvalue weighted by molar-refractivity contribution is -0.0555. The number of hydrogen-bond donors (Lipinski definition) is 3. The van der Waals surface area contributed by atoms with Crippen LogP contribution in [0.2, 0.25) is 0 Å². The average Bonchev–Trinajstić information content (AvgIpc) is 2.48. The molecule has 4 atom stereocenters. The molecule has 4 N–H and O–H groups in total. The molecule has 1 aliphatic carbocycles. The first-order valence-corrected chi connectivity index (χ1v) is 8.30. The van der Waals surface area contributed by atoms with E-state index < -0.39 is 0 Å². The number of aliphatic hydroxyl groups excluding tert-OH is 1. The number of nitrogens with two attached hydrogens (primary N) is 1. The van der Waals surface area contributed by atoms with Gasteiger partial charge in [-0.25, -0.2) is 0 Å². The van der Waals surface area contributed by atoms with E-state index in [9.17, 15) is 5.11 Å². The Morgan fingerprint density at radius 1 is 1.35 bits per heavy atom. The van der Waals surface area contributed by atoms with Gasteiger partial charge in [0.15, 0.2) is 0 Å². The van der Waals surface area contributed by atoms with Crippen molar-refractivity contribution in [2.75, 3.05) is 19.8 Å². The molecule has 1 heterocycles. The molecular weight excluding hydrogens is 252 g/mol. The summed E-state index contributed by atoms with van der Waals surface area (Å²) in [7, 11) is 0. The first-order chi connectivity index (χ1) is 9.60. The molecule has 118 valence electrons. The van der Waals surface area contributed by atoms with E-state index in [1.54, 1.807) is 0 Å². The third-order valence-electron chi connectivity index (χ3n) is 5.27. The van der Waals surface area contributed by atoms with Gasteiger partial charge in [-0.1, -0.05) is 26.7 Å². The molecule has 0 aromatic rings. The minimum absolute atomic E-state index is 0.00259. The van der Waals surface area contributed by atoms with Gasteiger partial charge in [-0.15, -0.1) is 0 Å². The molecule has 20 heavy (non-hydrogen) atoms. The van der Waals surface area contributed by atoms with Gasteiger partial charge in [0.25, 0.3) is 0 Å². The van der Waals surface area contributed by atoms with E-state index in [2.05, 4.69) is 19.2 Å². The summed E-state index contributed by atoms with van der Waals surface area (Å²) in [4.78, 5) is 0. The monoisotopic (exact) mass is 284 g/mol. The van der Waals surface area contributed by atoms with Crippen LogP contribution < -0.4 is 11.1 Å². The van der Waals surface area contributed by atoms with E-state index >= 15 is 0 Å². The van der Waals surface area contributed by atoms with E-state index in [0.29, 0.717) is 37.1 Å². The highest BCUT2D eigenvalue weighted by Crippen LogP contribution is 2.32. The lowest BCUT2D eigenvalue weighted by atomic mass is 9.79. The van der Waals surface area contributed by atoms with Crippen molar-refractivity contribution in [1.82, 2.24) is 5.32 Å². The summed E-state index contributed by atoms with van der Waals surface area (Å²) in [6.45, 7) is 6.18. The van der Waals surface area contributed by atoms with Crippen molar-refractivity contribution in [2.24, 2.45) is 17.6 Å². The van der Waals surface area contributed by atoms with Gasteiger partial charge in [0.1, 0.15) is 0 Å². The van der Waals surface area contributed by atoms with Crippen LogP contribution in [0.4, 0.5) is 0 Å².